The van der Waals surface area contributed by atoms with Crippen molar-refractivity contribution in [3.8, 4) is 0 Å². The Balaban J connectivity index is 2.21. The van der Waals surface area contributed by atoms with Crippen molar-refractivity contribution in [1.82, 2.24) is 9.88 Å². The van der Waals surface area contributed by atoms with Crippen LogP contribution in [-0.2, 0) is 11.2 Å². The highest BCUT2D eigenvalue weighted by Crippen LogP contribution is 2.33. The summed E-state index contributed by atoms with van der Waals surface area (Å²) in [5.74, 6) is 0. The molecule has 0 aliphatic carbocycles. The number of nitrogens with zero attached hydrogens (tertiary/aromatic N) is 1. The van der Waals surface area contributed by atoms with Gasteiger partial charge in [0, 0.05) is 11.4 Å². The minimum Gasteiger partial charge on any atom is -0.443 e. The van der Waals surface area contributed by atoms with Crippen molar-refractivity contribution in [1.29, 1.82) is 0 Å². The smallest absolute Gasteiger partial charge is 0.419 e. The summed E-state index contributed by atoms with van der Waals surface area (Å²) in [5, 5.41) is 4.59. The topological polar surface area (TPSA) is 43.3 Å². The number of carbonyl (C=O) groups is 1. The number of nitrogens with one attached hydrogen (secondary N) is 1. The van der Waals surface area contributed by atoms with Crippen molar-refractivity contribution in [2.24, 2.45) is 0 Å². The molecule has 2 aromatic rings. The third kappa shape index (κ3) is 2.44. The first-order chi connectivity index (χ1) is 9.88. The molecule has 1 aromatic heterocycles. The zero-order chi connectivity index (χ0) is 15.2. The molecule has 0 radical (unpaired) electrons. The normalized spacial score (nSPS) is 18.6. The number of carbonyl (C=O) groups excluding carboxylic acids is 1. The van der Waals surface area contributed by atoms with Gasteiger partial charge in [0.05, 0.1) is 11.2 Å². The van der Waals surface area contributed by atoms with Crippen LogP contribution in [0.25, 0.3) is 10.9 Å². The van der Waals surface area contributed by atoms with Crippen LogP contribution in [0.4, 0.5) is 4.79 Å². The van der Waals surface area contributed by atoms with Gasteiger partial charge >= 0.3 is 6.09 Å². The molecule has 4 nitrogen and oxygen atoms in total. The standard InChI is InChI=1S/C17H22N2O2/c1-11-15-13(9-10-18-11)12-7-5-6-8-14(12)19(15)16(20)21-17(2,3)4/h5-8,11,18H,9-10H2,1-4H3/t11-/m0/s1. The average Bonchev–Trinajstić information content (AvgIpc) is 2.73. The van der Waals surface area contributed by atoms with Crippen molar-refractivity contribution in [2.75, 3.05) is 6.54 Å². The van der Waals surface area contributed by atoms with Gasteiger partial charge in [-0.05, 0) is 52.3 Å². The van der Waals surface area contributed by atoms with Gasteiger partial charge < -0.3 is 10.1 Å². The summed E-state index contributed by atoms with van der Waals surface area (Å²) >= 11 is 0. The number of hydrogen-bond acceptors (Lipinski definition) is 3. The molecule has 3 rings (SSSR count). The van der Waals surface area contributed by atoms with E-state index in [1.54, 1.807) is 4.57 Å². The van der Waals surface area contributed by atoms with Gasteiger partial charge in [-0.25, -0.2) is 9.36 Å². The summed E-state index contributed by atoms with van der Waals surface area (Å²) in [6, 6.07) is 8.22. The summed E-state index contributed by atoms with van der Waals surface area (Å²) in [7, 11) is 0. The Labute approximate surface area is 125 Å². The van der Waals surface area contributed by atoms with Crippen LogP contribution < -0.4 is 5.32 Å². The average molecular weight is 286 g/mol. The molecule has 112 valence electrons. The Morgan fingerprint density at radius 3 is 2.76 bits per heavy atom. The van der Waals surface area contributed by atoms with E-state index in [-0.39, 0.29) is 12.1 Å². The maximum absolute atomic E-state index is 12.7. The third-order valence-corrected chi connectivity index (χ3v) is 3.83. The molecule has 1 aliphatic heterocycles. The molecule has 0 amide bonds. The largest absolute Gasteiger partial charge is 0.443 e. The van der Waals surface area contributed by atoms with Crippen molar-refractivity contribution in [2.45, 2.75) is 45.8 Å². The van der Waals surface area contributed by atoms with Gasteiger partial charge in [0.25, 0.3) is 0 Å². The van der Waals surface area contributed by atoms with E-state index in [0.717, 1.165) is 29.6 Å². The minimum absolute atomic E-state index is 0.147. The lowest BCUT2D eigenvalue weighted by atomic mass is 10.0. The van der Waals surface area contributed by atoms with Crippen molar-refractivity contribution >= 4 is 17.0 Å². The second kappa shape index (κ2) is 4.88. The minimum atomic E-state index is -0.499. The Morgan fingerprint density at radius 2 is 2.05 bits per heavy atom. The van der Waals surface area contributed by atoms with Crippen molar-refractivity contribution in [3.63, 3.8) is 0 Å². The molecule has 0 spiro atoms. The highest BCUT2D eigenvalue weighted by atomic mass is 16.6. The molecule has 1 N–H and O–H groups in total. The van der Waals surface area contributed by atoms with Crippen LogP contribution in [0.3, 0.4) is 0 Å². The number of rotatable bonds is 0. The molecule has 4 heteroatoms. The maximum atomic E-state index is 12.7. The summed E-state index contributed by atoms with van der Waals surface area (Å²) in [5.41, 5.74) is 2.74. The van der Waals surface area contributed by atoms with E-state index in [2.05, 4.69) is 18.3 Å². The number of hydrogen-bond donors (Lipinski definition) is 1. The van der Waals surface area contributed by atoms with Gasteiger partial charge in [-0.15, -0.1) is 0 Å². The quantitative estimate of drug-likeness (QED) is 0.804. The molecule has 0 fully saturated rings. The van der Waals surface area contributed by atoms with Crippen LogP contribution >= 0.6 is 0 Å². The van der Waals surface area contributed by atoms with Crippen LogP contribution in [0.2, 0.25) is 0 Å². The van der Waals surface area contributed by atoms with E-state index in [9.17, 15) is 4.79 Å². The SMILES string of the molecule is C[C@@H]1NCCc2c1n(C(=O)OC(C)(C)C)c1ccccc21. The predicted octanol–water partition coefficient (Wildman–Crippen LogP) is 3.63. The molecular weight excluding hydrogens is 264 g/mol. The zero-order valence-electron chi connectivity index (χ0n) is 13.1. The maximum Gasteiger partial charge on any atom is 0.419 e. The second-order valence-corrected chi connectivity index (χ2v) is 6.62. The van der Waals surface area contributed by atoms with Crippen LogP contribution in [0.15, 0.2) is 24.3 Å². The molecule has 1 atom stereocenters. The number of ether oxygens (including phenoxy) is 1. The van der Waals surface area contributed by atoms with Gasteiger partial charge in [-0.1, -0.05) is 18.2 Å². The molecule has 21 heavy (non-hydrogen) atoms. The van der Waals surface area contributed by atoms with Crippen LogP contribution in [0.5, 0.6) is 0 Å². The lowest BCUT2D eigenvalue weighted by Gasteiger charge is -2.25. The van der Waals surface area contributed by atoms with Crippen LogP contribution in [-0.4, -0.2) is 22.8 Å². The van der Waals surface area contributed by atoms with Crippen LogP contribution in [0.1, 0.15) is 45.0 Å². The van der Waals surface area contributed by atoms with E-state index in [0.29, 0.717) is 0 Å². The van der Waals surface area contributed by atoms with Crippen LogP contribution in [0, 0.1) is 0 Å². The summed E-state index contributed by atoms with van der Waals surface area (Å²) in [6.45, 7) is 8.72. The van der Waals surface area contributed by atoms with E-state index in [4.69, 9.17) is 4.74 Å². The van der Waals surface area contributed by atoms with E-state index < -0.39 is 5.60 Å². The summed E-state index contributed by atoms with van der Waals surface area (Å²) in [6.07, 6.45) is 0.645. The van der Waals surface area contributed by atoms with Crippen molar-refractivity contribution in [3.05, 3.63) is 35.5 Å². The number of para-hydroxylation sites is 1. The molecule has 0 unspecified atom stereocenters. The summed E-state index contributed by atoms with van der Waals surface area (Å²) < 4.78 is 7.34. The fourth-order valence-electron chi connectivity index (χ4n) is 3.06. The molecule has 1 aliphatic rings. The Morgan fingerprint density at radius 1 is 1.33 bits per heavy atom. The van der Waals surface area contributed by atoms with E-state index in [1.165, 1.54) is 5.56 Å². The van der Waals surface area contributed by atoms with Gasteiger partial charge in [0.1, 0.15) is 5.60 Å². The highest BCUT2D eigenvalue weighted by Gasteiger charge is 2.29. The molecular formula is C17H22N2O2. The first kappa shape index (κ1) is 14.1. The first-order valence-electron chi connectivity index (χ1n) is 7.47. The second-order valence-electron chi connectivity index (χ2n) is 6.62. The first-order valence-corrected chi connectivity index (χ1v) is 7.47. The molecule has 0 saturated heterocycles. The molecule has 0 bridgehead atoms. The number of fused-ring (bicyclic) bond motifs is 3. The third-order valence-electron chi connectivity index (χ3n) is 3.83. The van der Waals surface area contributed by atoms with Gasteiger partial charge in [0.15, 0.2) is 0 Å². The predicted molar refractivity (Wildman–Crippen MR) is 83.7 cm³/mol. The molecule has 1 aromatic carbocycles. The van der Waals surface area contributed by atoms with E-state index >= 15 is 0 Å². The lowest BCUT2D eigenvalue weighted by molar-refractivity contribution is 0.0537. The van der Waals surface area contributed by atoms with Crippen molar-refractivity contribution < 1.29 is 9.53 Å². The van der Waals surface area contributed by atoms with Gasteiger partial charge in [-0.2, -0.15) is 0 Å². The Kier molecular flexibility index (Phi) is 3.29. The fourth-order valence-corrected chi connectivity index (χ4v) is 3.06. The Hall–Kier alpha value is -1.81. The molecule has 0 saturated carbocycles. The monoisotopic (exact) mass is 286 g/mol. The summed E-state index contributed by atoms with van der Waals surface area (Å²) in [4.78, 5) is 12.7. The number of aromatic nitrogens is 1. The Bertz CT molecular complexity index is 695. The zero-order valence-corrected chi connectivity index (χ0v) is 13.1. The van der Waals surface area contributed by atoms with E-state index in [1.807, 2.05) is 39.0 Å². The lowest BCUT2D eigenvalue weighted by Crippen LogP contribution is -2.33. The highest BCUT2D eigenvalue weighted by molar-refractivity contribution is 5.94. The van der Waals surface area contributed by atoms with Gasteiger partial charge in [0.2, 0.25) is 0 Å². The van der Waals surface area contributed by atoms with Gasteiger partial charge in [-0.3, -0.25) is 0 Å². The molecule has 2 heterocycles. The number of benzene rings is 1. The fraction of sp³-hybridized carbons (Fsp3) is 0.471.